The molecular weight excluding hydrogens is 180 g/mol. The van der Waals surface area contributed by atoms with Gasteiger partial charge in [-0.05, 0) is 19.1 Å². The zero-order valence-electron chi connectivity index (χ0n) is 8.23. The smallest absolute Gasteiger partial charge is 0.289 e. The van der Waals surface area contributed by atoms with E-state index in [4.69, 9.17) is 9.68 Å². The number of hydrogen-bond acceptors (Lipinski definition) is 3. The van der Waals surface area contributed by atoms with Gasteiger partial charge in [0.05, 0.1) is 18.8 Å². The minimum absolute atomic E-state index is 0.0994. The molecule has 0 aliphatic heterocycles. The van der Waals surface area contributed by atoms with Crippen molar-refractivity contribution in [1.82, 2.24) is 4.90 Å². The van der Waals surface area contributed by atoms with Crippen LogP contribution in [-0.2, 0) is 0 Å². The van der Waals surface area contributed by atoms with Crippen LogP contribution in [0, 0.1) is 11.3 Å². The number of carbonyl (C=O) groups excluding carboxylic acids is 1. The van der Waals surface area contributed by atoms with Gasteiger partial charge >= 0.3 is 0 Å². The van der Waals surface area contributed by atoms with Gasteiger partial charge in [-0.25, -0.2) is 0 Å². The molecule has 0 bridgehead atoms. The minimum atomic E-state index is -0.197. The molecule has 1 atom stereocenters. The Balaban J connectivity index is 2.67. The fourth-order valence-corrected chi connectivity index (χ4v) is 1.04. The van der Waals surface area contributed by atoms with Crippen molar-refractivity contribution in [3.05, 3.63) is 24.2 Å². The van der Waals surface area contributed by atoms with Gasteiger partial charge in [0.2, 0.25) is 0 Å². The lowest BCUT2D eigenvalue weighted by Crippen LogP contribution is -2.34. The van der Waals surface area contributed by atoms with Crippen LogP contribution in [0.2, 0.25) is 0 Å². The first-order valence-electron chi connectivity index (χ1n) is 4.34. The van der Waals surface area contributed by atoms with E-state index in [1.165, 1.54) is 11.2 Å². The first-order chi connectivity index (χ1) is 6.66. The molecule has 1 heterocycles. The molecule has 0 N–H and O–H groups in total. The van der Waals surface area contributed by atoms with E-state index in [1.54, 1.807) is 19.2 Å². The van der Waals surface area contributed by atoms with Crippen LogP contribution in [-0.4, -0.2) is 23.9 Å². The predicted molar refractivity (Wildman–Crippen MR) is 50.5 cm³/mol. The van der Waals surface area contributed by atoms with Crippen molar-refractivity contribution >= 4 is 5.91 Å². The lowest BCUT2D eigenvalue weighted by atomic mass is 10.2. The normalized spacial score (nSPS) is 11.8. The number of amides is 1. The van der Waals surface area contributed by atoms with E-state index in [0.717, 1.165) is 0 Å². The zero-order chi connectivity index (χ0) is 10.6. The first-order valence-corrected chi connectivity index (χ1v) is 4.34. The summed E-state index contributed by atoms with van der Waals surface area (Å²) in [5.74, 6) is 0.107. The SMILES string of the molecule is CC(CC#N)N(C)C(=O)c1ccco1. The Morgan fingerprint density at radius 1 is 1.79 bits per heavy atom. The third-order valence-corrected chi connectivity index (χ3v) is 2.10. The second kappa shape index (κ2) is 4.47. The highest BCUT2D eigenvalue weighted by Gasteiger charge is 2.18. The van der Waals surface area contributed by atoms with Crippen LogP contribution in [0.4, 0.5) is 0 Å². The van der Waals surface area contributed by atoms with Gasteiger partial charge in [0.25, 0.3) is 5.91 Å². The molecule has 0 aromatic carbocycles. The minimum Gasteiger partial charge on any atom is -0.459 e. The first kappa shape index (κ1) is 10.3. The Bertz CT molecular complexity index is 338. The molecule has 1 rings (SSSR count). The monoisotopic (exact) mass is 192 g/mol. The molecule has 4 nitrogen and oxygen atoms in total. The predicted octanol–water partition coefficient (Wildman–Crippen LogP) is 1.65. The Kier molecular flexibility index (Phi) is 3.29. The Hall–Kier alpha value is -1.76. The number of hydrogen-bond donors (Lipinski definition) is 0. The highest BCUT2D eigenvalue weighted by atomic mass is 16.3. The zero-order valence-corrected chi connectivity index (χ0v) is 8.23. The average molecular weight is 192 g/mol. The van der Waals surface area contributed by atoms with E-state index in [2.05, 4.69) is 0 Å². The van der Waals surface area contributed by atoms with Crippen LogP contribution in [0.25, 0.3) is 0 Å². The number of furan rings is 1. The van der Waals surface area contributed by atoms with Crippen LogP contribution in [0.5, 0.6) is 0 Å². The summed E-state index contributed by atoms with van der Waals surface area (Å²) in [6, 6.07) is 5.20. The fraction of sp³-hybridized carbons (Fsp3) is 0.400. The molecule has 1 amide bonds. The van der Waals surface area contributed by atoms with Gasteiger partial charge in [0, 0.05) is 13.1 Å². The molecule has 0 spiro atoms. The van der Waals surface area contributed by atoms with Crippen molar-refractivity contribution in [1.29, 1.82) is 5.26 Å². The Morgan fingerprint density at radius 2 is 2.50 bits per heavy atom. The van der Waals surface area contributed by atoms with E-state index in [1.807, 2.05) is 13.0 Å². The van der Waals surface area contributed by atoms with E-state index in [-0.39, 0.29) is 11.9 Å². The maximum absolute atomic E-state index is 11.6. The van der Waals surface area contributed by atoms with E-state index in [0.29, 0.717) is 12.2 Å². The largest absolute Gasteiger partial charge is 0.459 e. The van der Waals surface area contributed by atoms with Gasteiger partial charge in [-0.2, -0.15) is 5.26 Å². The Labute approximate surface area is 82.7 Å². The summed E-state index contributed by atoms with van der Waals surface area (Å²) in [6.45, 7) is 1.82. The van der Waals surface area contributed by atoms with Crippen molar-refractivity contribution < 1.29 is 9.21 Å². The summed E-state index contributed by atoms with van der Waals surface area (Å²) < 4.78 is 4.97. The molecule has 4 heteroatoms. The van der Waals surface area contributed by atoms with E-state index < -0.39 is 0 Å². The molecule has 1 aromatic rings. The van der Waals surface area contributed by atoms with Gasteiger partial charge in [-0.1, -0.05) is 0 Å². The fourth-order valence-electron chi connectivity index (χ4n) is 1.04. The van der Waals surface area contributed by atoms with Crippen molar-refractivity contribution in [2.24, 2.45) is 0 Å². The van der Waals surface area contributed by atoms with Crippen molar-refractivity contribution in [2.75, 3.05) is 7.05 Å². The van der Waals surface area contributed by atoms with Crippen molar-refractivity contribution in [3.8, 4) is 6.07 Å². The van der Waals surface area contributed by atoms with Gasteiger partial charge in [-0.3, -0.25) is 4.79 Å². The van der Waals surface area contributed by atoms with Crippen LogP contribution in [0.3, 0.4) is 0 Å². The molecule has 0 aliphatic carbocycles. The molecule has 0 saturated carbocycles. The average Bonchev–Trinajstić information content (AvgIpc) is 2.68. The number of nitriles is 1. The molecule has 0 radical (unpaired) electrons. The van der Waals surface area contributed by atoms with Crippen LogP contribution in [0.1, 0.15) is 23.9 Å². The van der Waals surface area contributed by atoms with Crippen molar-refractivity contribution in [3.63, 3.8) is 0 Å². The van der Waals surface area contributed by atoms with Gasteiger partial charge in [0.15, 0.2) is 5.76 Å². The third kappa shape index (κ3) is 2.13. The van der Waals surface area contributed by atoms with E-state index in [9.17, 15) is 4.79 Å². The van der Waals surface area contributed by atoms with Crippen LogP contribution in [0.15, 0.2) is 22.8 Å². The molecule has 0 fully saturated rings. The second-order valence-electron chi connectivity index (χ2n) is 3.10. The number of nitrogens with zero attached hydrogens (tertiary/aromatic N) is 2. The lowest BCUT2D eigenvalue weighted by molar-refractivity contribution is 0.0714. The molecule has 1 aromatic heterocycles. The topological polar surface area (TPSA) is 57.2 Å². The summed E-state index contributed by atoms with van der Waals surface area (Å²) in [5, 5.41) is 8.49. The molecule has 1 unspecified atom stereocenters. The highest BCUT2D eigenvalue weighted by Crippen LogP contribution is 2.08. The van der Waals surface area contributed by atoms with E-state index >= 15 is 0 Å². The number of carbonyl (C=O) groups is 1. The second-order valence-corrected chi connectivity index (χ2v) is 3.10. The standard InChI is InChI=1S/C10H12N2O2/c1-8(5-6-11)12(2)10(13)9-4-3-7-14-9/h3-4,7-8H,5H2,1-2H3. The summed E-state index contributed by atoms with van der Waals surface area (Å²) in [7, 11) is 1.66. The van der Waals surface area contributed by atoms with Gasteiger partial charge < -0.3 is 9.32 Å². The van der Waals surface area contributed by atoms with Crippen LogP contribution >= 0.6 is 0 Å². The van der Waals surface area contributed by atoms with Crippen LogP contribution < -0.4 is 0 Å². The van der Waals surface area contributed by atoms with Crippen molar-refractivity contribution in [2.45, 2.75) is 19.4 Å². The highest BCUT2D eigenvalue weighted by molar-refractivity contribution is 5.91. The summed E-state index contributed by atoms with van der Waals surface area (Å²) >= 11 is 0. The lowest BCUT2D eigenvalue weighted by Gasteiger charge is -2.21. The van der Waals surface area contributed by atoms with Gasteiger partial charge in [0.1, 0.15) is 0 Å². The maximum Gasteiger partial charge on any atom is 0.289 e. The number of rotatable bonds is 3. The Morgan fingerprint density at radius 3 is 3.00 bits per heavy atom. The third-order valence-electron chi connectivity index (χ3n) is 2.10. The molecule has 14 heavy (non-hydrogen) atoms. The quantitative estimate of drug-likeness (QED) is 0.731. The summed E-state index contributed by atoms with van der Waals surface area (Å²) in [5.41, 5.74) is 0. The maximum atomic E-state index is 11.6. The molecule has 74 valence electrons. The molecular formula is C10H12N2O2. The van der Waals surface area contributed by atoms with Gasteiger partial charge in [-0.15, -0.1) is 0 Å². The molecule has 0 aliphatic rings. The molecule has 0 saturated heterocycles. The summed E-state index contributed by atoms with van der Waals surface area (Å²) in [4.78, 5) is 13.1. The summed E-state index contributed by atoms with van der Waals surface area (Å²) in [6.07, 6.45) is 1.78.